The van der Waals surface area contributed by atoms with Gasteiger partial charge in [-0.3, -0.25) is 0 Å². The van der Waals surface area contributed by atoms with Crippen LogP contribution in [-0.2, 0) is 0 Å². The van der Waals surface area contributed by atoms with Crippen molar-refractivity contribution >= 4 is 11.4 Å². The van der Waals surface area contributed by atoms with Crippen molar-refractivity contribution in [1.29, 1.82) is 0 Å². The number of benzene rings is 1. The van der Waals surface area contributed by atoms with E-state index in [2.05, 4.69) is 30.9 Å². The zero-order chi connectivity index (χ0) is 14.5. The number of nitrogens with two attached hydrogens (primary N) is 1. The van der Waals surface area contributed by atoms with Gasteiger partial charge in [0.25, 0.3) is 0 Å². The molecule has 3 nitrogen and oxygen atoms in total. The van der Waals surface area contributed by atoms with Crippen LogP contribution in [0.4, 0.5) is 11.4 Å². The maximum Gasteiger partial charge on any atom is 0.143 e. The molecule has 3 heteroatoms. The van der Waals surface area contributed by atoms with Crippen LogP contribution in [0.5, 0.6) is 5.75 Å². The molecule has 1 fully saturated rings. The summed E-state index contributed by atoms with van der Waals surface area (Å²) < 4.78 is 5.37. The minimum atomic E-state index is 0.682. The van der Waals surface area contributed by atoms with Crippen LogP contribution >= 0.6 is 0 Å². The summed E-state index contributed by atoms with van der Waals surface area (Å²) in [5.74, 6) is 1.52. The Kier molecular flexibility index (Phi) is 5.16. The van der Waals surface area contributed by atoms with Gasteiger partial charge in [-0.2, -0.15) is 0 Å². The minimum Gasteiger partial charge on any atom is -0.495 e. The van der Waals surface area contributed by atoms with Crippen molar-refractivity contribution in [2.24, 2.45) is 5.92 Å². The molecule has 2 N–H and O–H groups in total. The first-order valence-corrected chi connectivity index (χ1v) is 7.82. The Balaban J connectivity index is 2.20. The number of nitrogens with zero attached hydrogens (tertiary/aromatic N) is 1. The van der Waals surface area contributed by atoms with Crippen LogP contribution in [0.25, 0.3) is 0 Å². The monoisotopic (exact) mass is 276 g/mol. The number of methoxy groups -OCH3 is 1. The molecule has 0 unspecified atom stereocenters. The molecule has 0 aliphatic heterocycles. The van der Waals surface area contributed by atoms with Gasteiger partial charge in [0, 0.05) is 24.3 Å². The van der Waals surface area contributed by atoms with Gasteiger partial charge in [0.05, 0.1) is 12.8 Å². The van der Waals surface area contributed by atoms with Crippen LogP contribution in [-0.4, -0.2) is 19.7 Å². The van der Waals surface area contributed by atoms with Gasteiger partial charge in [-0.15, -0.1) is 0 Å². The van der Waals surface area contributed by atoms with E-state index in [1.807, 2.05) is 6.07 Å². The normalized spacial score (nSPS) is 15.8. The molecule has 0 heterocycles. The average molecular weight is 276 g/mol. The second kappa shape index (κ2) is 6.87. The van der Waals surface area contributed by atoms with Gasteiger partial charge >= 0.3 is 0 Å². The van der Waals surface area contributed by atoms with E-state index < -0.39 is 0 Å². The van der Waals surface area contributed by atoms with Gasteiger partial charge in [-0.05, 0) is 37.3 Å². The highest BCUT2D eigenvalue weighted by Crippen LogP contribution is 2.33. The Labute approximate surface area is 123 Å². The highest BCUT2D eigenvalue weighted by atomic mass is 16.5. The van der Waals surface area contributed by atoms with E-state index in [4.69, 9.17) is 10.5 Å². The Hall–Kier alpha value is -1.38. The maximum absolute atomic E-state index is 5.93. The summed E-state index contributed by atoms with van der Waals surface area (Å²) in [5.41, 5.74) is 7.90. The van der Waals surface area contributed by atoms with Crippen LogP contribution in [0.1, 0.15) is 46.0 Å². The first-order chi connectivity index (χ1) is 9.61. The number of nitrogen functional groups attached to an aromatic ring is 1. The van der Waals surface area contributed by atoms with Gasteiger partial charge in [0.15, 0.2) is 0 Å². The Morgan fingerprint density at radius 1 is 1.30 bits per heavy atom. The fourth-order valence-corrected chi connectivity index (χ4v) is 3.01. The molecule has 1 aliphatic carbocycles. The molecule has 0 radical (unpaired) electrons. The van der Waals surface area contributed by atoms with E-state index in [9.17, 15) is 0 Å². The van der Waals surface area contributed by atoms with Crippen LogP contribution in [0.15, 0.2) is 18.2 Å². The summed E-state index contributed by atoms with van der Waals surface area (Å²) in [5, 5.41) is 0. The number of ether oxygens (including phenoxy) is 1. The molecule has 2 rings (SSSR count). The van der Waals surface area contributed by atoms with Crippen LogP contribution < -0.4 is 15.4 Å². The van der Waals surface area contributed by atoms with E-state index in [0.717, 1.165) is 18.2 Å². The lowest BCUT2D eigenvalue weighted by molar-refractivity contribution is 0.416. The molecular weight excluding hydrogens is 248 g/mol. The van der Waals surface area contributed by atoms with Crippen molar-refractivity contribution in [2.75, 3.05) is 24.3 Å². The quantitative estimate of drug-likeness (QED) is 0.796. The molecule has 0 bridgehead atoms. The molecule has 112 valence electrons. The molecule has 0 atom stereocenters. The van der Waals surface area contributed by atoms with Crippen molar-refractivity contribution in [3.63, 3.8) is 0 Å². The zero-order valence-corrected chi connectivity index (χ0v) is 13.1. The van der Waals surface area contributed by atoms with Crippen LogP contribution in [0, 0.1) is 5.92 Å². The van der Waals surface area contributed by atoms with Crippen molar-refractivity contribution in [3.05, 3.63) is 18.2 Å². The third-order valence-corrected chi connectivity index (χ3v) is 4.26. The predicted molar refractivity (Wildman–Crippen MR) is 86.5 cm³/mol. The number of hydrogen-bond donors (Lipinski definition) is 1. The Bertz CT molecular complexity index is 425. The maximum atomic E-state index is 5.93. The second-order valence-electron chi connectivity index (χ2n) is 6.24. The van der Waals surface area contributed by atoms with Gasteiger partial charge in [-0.1, -0.05) is 26.7 Å². The molecule has 1 aromatic rings. The lowest BCUT2D eigenvalue weighted by Crippen LogP contribution is -2.34. The van der Waals surface area contributed by atoms with Gasteiger partial charge in [0.1, 0.15) is 5.75 Å². The number of hydrogen-bond acceptors (Lipinski definition) is 3. The van der Waals surface area contributed by atoms with Crippen molar-refractivity contribution in [3.8, 4) is 5.75 Å². The highest BCUT2D eigenvalue weighted by Gasteiger charge is 2.23. The molecule has 0 saturated heterocycles. The first-order valence-electron chi connectivity index (χ1n) is 7.82. The lowest BCUT2D eigenvalue weighted by Gasteiger charge is -2.32. The highest BCUT2D eigenvalue weighted by molar-refractivity contribution is 5.62. The van der Waals surface area contributed by atoms with Crippen molar-refractivity contribution in [1.82, 2.24) is 0 Å². The summed E-state index contributed by atoms with van der Waals surface area (Å²) in [7, 11) is 1.68. The van der Waals surface area contributed by atoms with E-state index in [1.165, 1.54) is 37.8 Å². The second-order valence-corrected chi connectivity index (χ2v) is 6.24. The summed E-state index contributed by atoms with van der Waals surface area (Å²) in [4.78, 5) is 2.56. The van der Waals surface area contributed by atoms with E-state index in [1.54, 1.807) is 7.11 Å². The first kappa shape index (κ1) is 15.0. The fourth-order valence-electron chi connectivity index (χ4n) is 3.01. The average Bonchev–Trinajstić information content (AvgIpc) is 2.94. The zero-order valence-electron chi connectivity index (χ0n) is 13.1. The van der Waals surface area contributed by atoms with Gasteiger partial charge in [0.2, 0.25) is 0 Å². The molecule has 20 heavy (non-hydrogen) atoms. The number of rotatable bonds is 6. The van der Waals surface area contributed by atoms with Crippen LogP contribution in [0.3, 0.4) is 0 Å². The molecule has 1 aliphatic rings. The van der Waals surface area contributed by atoms with Gasteiger partial charge < -0.3 is 15.4 Å². The predicted octanol–water partition coefficient (Wildman–Crippen LogP) is 4.07. The molecule has 1 saturated carbocycles. The SMILES string of the molecule is COc1cc(N(CCC(C)C)C2CCCC2)ccc1N. The molecule has 0 spiro atoms. The van der Waals surface area contributed by atoms with Crippen LogP contribution in [0.2, 0.25) is 0 Å². The molecular formula is C17H28N2O. The van der Waals surface area contributed by atoms with E-state index >= 15 is 0 Å². The third-order valence-electron chi connectivity index (χ3n) is 4.26. The topological polar surface area (TPSA) is 38.5 Å². The third kappa shape index (κ3) is 3.59. The Morgan fingerprint density at radius 3 is 2.60 bits per heavy atom. The standard InChI is InChI=1S/C17H28N2O/c1-13(2)10-11-19(14-6-4-5-7-14)15-8-9-16(18)17(12-15)20-3/h8-9,12-14H,4-7,10-11,18H2,1-3H3. The summed E-state index contributed by atoms with van der Waals surface area (Å²) in [6.45, 7) is 5.70. The largest absolute Gasteiger partial charge is 0.495 e. The van der Waals surface area contributed by atoms with E-state index in [0.29, 0.717) is 11.7 Å². The number of anilines is 2. The molecule has 0 aromatic heterocycles. The minimum absolute atomic E-state index is 0.682. The Morgan fingerprint density at radius 2 is 2.00 bits per heavy atom. The smallest absolute Gasteiger partial charge is 0.143 e. The molecule has 1 aromatic carbocycles. The summed E-state index contributed by atoms with van der Waals surface area (Å²) in [6.07, 6.45) is 6.56. The fraction of sp³-hybridized carbons (Fsp3) is 0.647. The van der Waals surface area contributed by atoms with Gasteiger partial charge in [-0.25, -0.2) is 0 Å². The lowest BCUT2D eigenvalue weighted by atomic mass is 10.1. The van der Waals surface area contributed by atoms with Crippen molar-refractivity contribution < 1.29 is 4.74 Å². The van der Waals surface area contributed by atoms with E-state index in [-0.39, 0.29) is 0 Å². The summed E-state index contributed by atoms with van der Waals surface area (Å²) in [6, 6.07) is 6.87. The summed E-state index contributed by atoms with van der Waals surface area (Å²) >= 11 is 0. The molecule has 0 amide bonds. The van der Waals surface area contributed by atoms with Crippen molar-refractivity contribution in [2.45, 2.75) is 52.0 Å².